The van der Waals surface area contributed by atoms with Crippen LogP contribution in [-0.2, 0) is 14.3 Å². The Bertz CT molecular complexity index is 278. The molecule has 0 spiro atoms. The second-order valence-corrected chi connectivity index (χ2v) is 6.65. The van der Waals surface area contributed by atoms with Crippen LogP contribution in [0.15, 0.2) is 0 Å². The van der Waals surface area contributed by atoms with E-state index in [0.717, 1.165) is 12.8 Å². The monoisotopic (exact) mass is 312 g/mol. The predicted molar refractivity (Wildman–Crippen MR) is 91.0 cm³/mol. The summed E-state index contributed by atoms with van der Waals surface area (Å²) in [5.74, 6) is -0.0797. The molecular formula is C19H36O3. The molecule has 0 aromatic rings. The summed E-state index contributed by atoms with van der Waals surface area (Å²) in [7, 11) is 1.46. The molecule has 3 nitrogen and oxygen atoms in total. The van der Waals surface area contributed by atoms with Gasteiger partial charge in [-0.1, -0.05) is 71.1 Å². The van der Waals surface area contributed by atoms with Gasteiger partial charge in [0.05, 0.1) is 19.3 Å². The van der Waals surface area contributed by atoms with E-state index in [1.807, 2.05) is 0 Å². The molecule has 22 heavy (non-hydrogen) atoms. The zero-order chi connectivity index (χ0) is 16.0. The highest BCUT2D eigenvalue weighted by atomic mass is 16.6. The Morgan fingerprint density at radius 1 is 0.818 bits per heavy atom. The lowest BCUT2D eigenvalue weighted by Crippen LogP contribution is -1.99. The van der Waals surface area contributed by atoms with E-state index < -0.39 is 0 Å². The van der Waals surface area contributed by atoms with Gasteiger partial charge in [-0.25, -0.2) is 0 Å². The van der Waals surface area contributed by atoms with Crippen molar-refractivity contribution in [3.63, 3.8) is 0 Å². The molecule has 3 heteroatoms. The Morgan fingerprint density at radius 2 is 1.32 bits per heavy atom. The molecule has 1 aliphatic rings. The highest BCUT2D eigenvalue weighted by Gasteiger charge is 2.36. The molecule has 0 aliphatic carbocycles. The van der Waals surface area contributed by atoms with Crippen LogP contribution in [0.4, 0.5) is 0 Å². The van der Waals surface area contributed by atoms with Gasteiger partial charge in [0.1, 0.15) is 0 Å². The van der Waals surface area contributed by atoms with Crippen molar-refractivity contribution in [3.05, 3.63) is 0 Å². The minimum Gasteiger partial charge on any atom is -0.469 e. The summed E-state index contributed by atoms with van der Waals surface area (Å²) in [4.78, 5) is 11.0. The summed E-state index contributed by atoms with van der Waals surface area (Å²) >= 11 is 0. The molecule has 1 saturated heterocycles. The third-order valence-corrected chi connectivity index (χ3v) is 4.63. The molecule has 0 aromatic carbocycles. The number of carbonyl (C=O) groups excluding carboxylic acids is 1. The molecule has 2 atom stereocenters. The zero-order valence-corrected chi connectivity index (χ0v) is 14.8. The topological polar surface area (TPSA) is 38.8 Å². The molecule has 1 fully saturated rings. The number of rotatable bonds is 15. The van der Waals surface area contributed by atoms with Crippen LogP contribution in [0.3, 0.4) is 0 Å². The molecule has 0 radical (unpaired) electrons. The second kappa shape index (κ2) is 12.9. The molecule has 1 unspecified atom stereocenters. The van der Waals surface area contributed by atoms with Crippen molar-refractivity contribution in [1.29, 1.82) is 0 Å². The first-order valence-corrected chi connectivity index (χ1v) is 9.50. The minimum absolute atomic E-state index is 0.0797. The molecule has 130 valence electrons. The fourth-order valence-electron chi connectivity index (χ4n) is 3.06. The van der Waals surface area contributed by atoms with Gasteiger partial charge in [-0.3, -0.25) is 4.79 Å². The van der Waals surface area contributed by atoms with Gasteiger partial charge in [0.2, 0.25) is 0 Å². The van der Waals surface area contributed by atoms with E-state index in [1.165, 1.54) is 77.7 Å². The minimum atomic E-state index is -0.0797. The standard InChI is InChI=1S/C19H36O3/c1-3-4-5-6-8-11-14-17-18(22-17)15-12-9-7-10-13-16-19(20)21-2/h17-18H,3-16H2,1-2H3/t17?,18-/m0/s1. The van der Waals surface area contributed by atoms with Gasteiger partial charge in [-0.05, 0) is 19.3 Å². The molecule has 0 amide bonds. The SMILES string of the molecule is CCCCCCCCC1O[C@H]1CCCCCCCC(=O)OC. The Labute approximate surface area is 137 Å². The summed E-state index contributed by atoms with van der Waals surface area (Å²) in [6, 6.07) is 0. The number of esters is 1. The van der Waals surface area contributed by atoms with Crippen LogP contribution in [-0.4, -0.2) is 25.3 Å². The lowest BCUT2D eigenvalue weighted by atomic mass is 10.0. The van der Waals surface area contributed by atoms with Crippen LogP contribution >= 0.6 is 0 Å². The lowest BCUT2D eigenvalue weighted by molar-refractivity contribution is -0.140. The van der Waals surface area contributed by atoms with Crippen molar-refractivity contribution in [2.45, 2.75) is 109 Å². The van der Waals surface area contributed by atoms with Gasteiger partial charge in [0.25, 0.3) is 0 Å². The van der Waals surface area contributed by atoms with Crippen molar-refractivity contribution < 1.29 is 14.3 Å². The van der Waals surface area contributed by atoms with Gasteiger partial charge >= 0.3 is 5.97 Å². The third-order valence-electron chi connectivity index (χ3n) is 4.63. The number of methoxy groups -OCH3 is 1. The number of carbonyl (C=O) groups is 1. The van der Waals surface area contributed by atoms with Gasteiger partial charge in [0, 0.05) is 6.42 Å². The van der Waals surface area contributed by atoms with E-state index in [0.29, 0.717) is 18.6 Å². The Hall–Kier alpha value is -0.570. The Kier molecular flexibility index (Phi) is 11.4. The number of hydrogen-bond donors (Lipinski definition) is 0. The number of unbranched alkanes of at least 4 members (excludes halogenated alkanes) is 9. The first-order valence-electron chi connectivity index (χ1n) is 9.50. The largest absolute Gasteiger partial charge is 0.469 e. The number of epoxide rings is 1. The Balaban J connectivity index is 1.77. The summed E-state index contributed by atoms with van der Waals surface area (Å²) in [5.41, 5.74) is 0. The van der Waals surface area contributed by atoms with Crippen molar-refractivity contribution in [2.24, 2.45) is 0 Å². The lowest BCUT2D eigenvalue weighted by Gasteiger charge is -2.01. The van der Waals surface area contributed by atoms with Crippen LogP contribution in [0.1, 0.15) is 96.8 Å². The normalized spacial score (nSPS) is 20.1. The van der Waals surface area contributed by atoms with Crippen molar-refractivity contribution in [3.8, 4) is 0 Å². The molecule has 1 heterocycles. The van der Waals surface area contributed by atoms with E-state index >= 15 is 0 Å². The molecule has 0 aromatic heterocycles. The molecular weight excluding hydrogens is 276 g/mol. The highest BCUT2D eigenvalue weighted by molar-refractivity contribution is 5.68. The maximum absolute atomic E-state index is 11.0. The molecule has 0 N–H and O–H groups in total. The quantitative estimate of drug-likeness (QED) is 0.230. The molecule has 1 aliphatic heterocycles. The predicted octanol–water partition coefficient (Wildman–Crippen LogP) is 5.41. The zero-order valence-electron chi connectivity index (χ0n) is 14.8. The second-order valence-electron chi connectivity index (χ2n) is 6.65. The van der Waals surface area contributed by atoms with Crippen molar-refractivity contribution in [1.82, 2.24) is 0 Å². The van der Waals surface area contributed by atoms with Gasteiger partial charge in [-0.2, -0.15) is 0 Å². The van der Waals surface area contributed by atoms with Crippen LogP contribution in [0, 0.1) is 0 Å². The average Bonchev–Trinajstić information content (AvgIpc) is 3.28. The van der Waals surface area contributed by atoms with Crippen LogP contribution < -0.4 is 0 Å². The molecule has 0 bridgehead atoms. The van der Waals surface area contributed by atoms with Gasteiger partial charge in [-0.15, -0.1) is 0 Å². The van der Waals surface area contributed by atoms with E-state index in [2.05, 4.69) is 11.7 Å². The van der Waals surface area contributed by atoms with E-state index in [9.17, 15) is 4.79 Å². The van der Waals surface area contributed by atoms with Crippen LogP contribution in [0.5, 0.6) is 0 Å². The van der Waals surface area contributed by atoms with Gasteiger partial charge < -0.3 is 9.47 Å². The van der Waals surface area contributed by atoms with Crippen molar-refractivity contribution in [2.75, 3.05) is 7.11 Å². The van der Waals surface area contributed by atoms with E-state index in [1.54, 1.807) is 0 Å². The number of ether oxygens (including phenoxy) is 2. The maximum atomic E-state index is 11.0. The van der Waals surface area contributed by atoms with Gasteiger partial charge in [0.15, 0.2) is 0 Å². The Morgan fingerprint density at radius 3 is 1.86 bits per heavy atom. The fourth-order valence-corrected chi connectivity index (χ4v) is 3.06. The number of hydrogen-bond acceptors (Lipinski definition) is 3. The van der Waals surface area contributed by atoms with E-state index in [4.69, 9.17) is 4.74 Å². The molecule has 0 saturated carbocycles. The van der Waals surface area contributed by atoms with Crippen LogP contribution in [0.25, 0.3) is 0 Å². The summed E-state index contributed by atoms with van der Waals surface area (Å²) < 4.78 is 10.4. The first-order chi connectivity index (χ1) is 10.8. The summed E-state index contributed by atoms with van der Waals surface area (Å²) in [6.07, 6.45) is 18.3. The maximum Gasteiger partial charge on any atom is 0.305 e. The first kappa shape index (κ1) is 19.5. The summed E-state index contributed by atoms with van der Waals surface area (Å²) in [5, 5.41) is 0. The summed E-state index contributed by atoms with van der Waals surface area (Å²) in [6.45, 7) is 2.27. The van der Waals surface area contributed by atoms with E-state index in [-0.39, 0.29) is 5.97 Å². The highest BCUT2D eigenvalue weighted by Crippen LogP contribution is 2.31. The van der Waals surface area contributed by atoms with Crippen molar-refractivity contribution >= 4 is 5.97 Å². The average molecular weight is 312 g/mol. The fraction of sp³-hybridized carbons (Fsp3) is 0.947. The molecule has 1 rings (SSSR count). The third kappa shape index (κ3) is 10.2. The van der Waals surface area contributed by atoms with Crippen LogP contribution in [0.2, 0.25) is 0 Å². The smallest absolute Gasteiger partial charge is 0.305 e.